The summed E-state index contributed by atoms with van der Waals surface area (Å²) in [5.74, 6) is 0.597. The van der Waals surface area contributed by atoms with Gasteiger partial charge in [-0.3, -0.25) is 0 Å². The lowest BCUT2D eigenvalue weighted by molar-refractivity contribution is -0.0288. The Hall–Kier alpha value is -0.303. The highest BCUT2D eigenvalue weighted by Gasteiger charge is 2.36. The fourth-order valence-corrected chi connectivity index (χ4v) is 4.42. The summed E-state index contributed by atoms with van der Waals surface area (Å²) in [6, 6.07) is 0. The minimum Gasteiger partial charge on any atom is -0.414 e. The molecule has 0 aromatic heterocycles. The van der Waals surface area contributed by atoms with Crippen LogP contribution < -0.4 is 0 Å². The summed E-state index contributed by atoms with van der Waals surface area (Å²) in [6.07, 6.45) is 1.13. The SMILES string of the molecule is CCC(C)COCCOCCOCCOCCOCCOCCOCCOCCOCCOCCOCCOCCO[Si](C)(C)C(C)(C)C. The lowest BCUT2D eigenvalue weighted by atomic mass is 10.1. The molecule has 296 valence electrons. The van der Waals surface area contributed by atoms with E-state index in [1.54, 1.807) is 0 Å². The van der Waals surface area contributed by atoms with Gasteiger partial charge in [0.15, 0.2) is 8.32 Å². The van der Waals surface area contributed by atoms with Crippen LogP contribution in [0.2, 0.25) is 18.1 Å². The van der Waals surface area contributed by atoms with Crippen molar-refractivity contribution in [2.24, 2.45) is 5.92 Å². The third kappa shape index (κ3) is 35.9. The minimum atomic E-state index is -1.70. The van der Waals surface area contributed by atoms with E-state index in [1.165, 1.54) is 0 Å². The Balaban J connectivity index is 3.12. The highest BCUT2D eigenvalue weighted by atomic mass is 28.4. The normalized spacial score (nSPS) is 13.0. The molecule has 0 heterocycles. The molecule has 0 radical (unpaired) electrons. The van der Waals surface area contributed by atoms with Gasteiger partial charge in [-0.05, 0) is 24.1 Å². The van der Waals surface area contributed by atoms with Crippen LogP contribution in [0.1, 0.15) is 41.0 Å². The van der Waals surface area contributed by atoms with Crippen molar-refractivity contribution in [3.63, 3.8) is 0 Å². The zero-order chi connectivity index (χ0) is 36.2. The predicted octanol–water partition coefficient (Wildman–Crippen LogP) is 4.25. The summed E-state index contributed by atoms with van der Waals surface area (Å²) >= 11 is 0. The van der Waals surface area contributed by atoms with Crippen LogP contribution in [0.3, 0.4) is 0 Å². The molecular formula is C35H74O13Si. The summed E-state index contributed by atoms with van der Waals surface area (Å²) < 4.78 is 72.2. The summed E-state index contributed by atoms with van der Waals surface area (Å²) in [5.41, 5.74) is 0. The lowest BCUT2D eigenvalue weighted by Gasteiger charge is -2.36. The van der Waals surface area contributed by atoms with Gasteiger partial charge in [0, 0.05) is 6.61 Å². The number of hydrogen-bond acceptors (Lipinski definition) is 13. The zero-order valence-electron chi connectivity index (χ0n) is 32.3. The van der Waals surface area contributed by atoms with E-state index in [2.05, 4.69) is 47.7 Å². The van der Waals surface area contributed by atoms with E-state index in [4.69, 9.17) is 61.3 Å². The van der Waals surface area contributed by atoms with E-state index in [1.807, 2.05) is 0 Å². The first-order valence-electron chi connectivity index (χ1n) is 18.3. The second-order valence-electron chi connectivity index (χ2n) is 12.9. The molecule has 0 saturated carbocycles. The van der Waals surface area contributed by atoms with Gasteiger partial charge in [0.2, 0.25) is 0 Å². The van der Waals surface area contributed by atoms with Gasteiger partial charge < -0.3 is 61.3 Å². The summed E-state index contributed by atoms with van der Waals surface area (Å²) in [6.45, 7) is 29.4. The lowest BCUT2D eigenvalue weighted by Crippen LogP contribution is -2.41. The van der Waals surface area contributed by atoms with Gasteiger partial charge >= 0.3 is 0 Å². The third-order valence-electron chi connectivity index (χ3n) is 7.69. The molecule has 0 N–H and O–H groups in total. The molecule has 13 nitrogen and oxygen atoms in total. The fourth-order valence-electron chi connectivity index (χ4n) is 3.39. The maximum atomic E-state index is 6.08. The molecule has 49 heavy (non-hydrogen) atoms. The van der Waals surface area contributed by atoms with Gasteiger partial charge in [0.25, 0.3) is 0 Å². The molecule has 0 fully saturated rings. The Bertz CT molecular complexity index is 656. The van der Waals surface area contributed by atoms with Crippen LogP contribution in [-0.2, 0) is 61.3 Å². The number of rotatable bonds is 40. The van der Waals surface area contributed by atoms with Crippen LogP contribution in [0.5, 0.6) is 0 Å². The smallest absolute Gasteiger partial charge is 0.192 e. The highest BCUT2D eigenvalue weighted by molar-refractivity contribution is 6.74. The largest absolute Gasteiger partial charge is 0.414 e. The number of ether oxygens (including phenoxy) is 12. The maximum absolute atomic E-state index is 6.08. The van der Waals surface area contributed by atoms with E-state index in [0.717, 1.165) is 13.0 Å². The van der Waals surface area contributed by atoms with Gasteiger partial charge in [0.05, 0.1) is 159 Å². The molecule has 14 heteroatoms. The molecule has 0 spiro atoms. The predicted molar refractivity (Wildman–Crippen MR) is 192 cm³/mol. The minimum absolute atomic E-state index is 0.217. The second kappa shape index (κ2) is 36.1. The molecule has 0 aliphatic heterocycles. The topological polar surface area (TPSA) is 120 Å². The van der Waals surface area contributed by atoms with E-state index in [0.29, 0.717) is 164 Å². The molecule has 0 bridgehead atoms. The van der Waals surface area contributed by atoms with Crippen LogP contribution in [0, 0.1) is 5.92 Å². The molecule has 1 atom stereocenters. The molecule has 0 rings (SSSR count). The van der Waals surface area contributed by atoms with Gasteiger partial charge in [-0.1, -0.05) is 41.0 Å². The standard InChI is InChI=1S/C35H74O13Si/c1-8-34(2)33-47-30-29-45-26-25-43-22-21-41-18-17-39-14-13-37-10-9-36-11-12-38-15-16-40-19-20-42-23-24-44-27-28-46-31-32-48-49(6,7)35(3,4)5/h34H,8-33H2,1-7H3. The van der Waals surface area contributed by atoms with E-state index < -0.39 is 8.32 Å². The van der Waals surface area contributed by atoms with Crippen LogP contribution in [0.25, 0.3) is 0 Å². The Kier molecular flexibility index (Phi) is 35.8. The van der Waals surface area contributed by atoms with Crippen LogP contribution in [0.15, 0.2) is 0 Å². The first kappa shape index (κ1) is 48.7. The molecule has 0 aromatic carbocycles. The van der Waals surface area contributed by atoms with E-state index in [-0.39, 0.29) is 5.04 Å². The molecule has 0 aliphatic carbocycles. The molecular weight excluding hydrogens is 656 g/mol. The van der Waals surface area contributed by atoms with Crippen LogP contribution in [0.4, 0.5) is 0 Å². The fraction of sp³-hybridized carbons (Fsp3) is 1.00. The van der Waals surface area contributed by atoms with Crippen molar-refractivity contribution in [2.45, 2.75) is 59.2 Å². The molecule has 0 aromatic rings. The van der Waals surface area contributed by atoms with E-state index >= 15 is 0 Å². The summed E-state index contributed by atoms with van der Waals surface area (Å²) in [4.78, 5) is 0. The van der Waals surface area contributed by atoms with Gasteiger partial charge in [0.1, 0.15) is 0 Å². The Morgan fingerprint density at radius 3 is 0.776 bits per heavy atom. The Morgan fingerprint density at radius 2 is 0.571 bits per heavy atom. The van der Waals surface area contributed by atoms with Crippen molar-refractivity contribution in [1.29, 1.82) is 0 Å². The van der Waals surface area contributed by atoms with Crippen molar-refractivity contribution in [2.75, 3.05) is 165 Å². The third-order valence-corrected chi connectivity index (χ3v) is 12.2. The van der Waals surface area contributed by atoms with Crippen LogP contribution in [-0.4, -0.2) is 173 Å². The average Bonchev–Trinajstić information content (AvgIpc) is 3.07. The first-order valence-corrected chi connectivity index (χ1v) is 21.2. The maximum Gasteiger partial charge on any atom is 0.192 e. The monoisotopic (exact) mass is 730 g/mol. The van der Waals surface area contributed by atoms with Crippen molar-refractivity contribution >= 4 is 8.32 Å². The molecule has 1 unspecified atom stereocenters. The van der Waals surface area contributed by atoms with Gasteiger partial charge in [-0.25, -0.2) is 0 Å². The zero-order valence-corrected chi connectivity index (χ0v) is 33.3. The van der Waals surface area contributed by atoms with E-state index in [9.17, 15) is 0 Å². The first-order chi connectivity index (χ1) is 23.7. The van der Waals surface area contributed by atoms with Crippen LogP contribution >= 0.6 is 0 Å². The second-order valence-corrected chi connectivity index (χ2v) is 17.7. The summed E-state index contributed by atoms with van der Waals surface area (Å²) in [5, 5.41) is 0.217. The van der Waals surface area contributed by atoms with Crippen molar-refractivity contribution in [3.05, 3.63) is 0 Å². The quantitative estimate of drug-likeness (QED) is 0.0661. The molecule has 0 saturated heterocycles. The number of hydrogen-bond donors (Lipinski definition) is 0. The Labute approximate surface area is 299 Å². The average molecular weight is 731 g/mol. The highest BCUT2D eigenvalue weighted by Crippen LogP contribution is 2.36. The van der Waals surface area contributed by atoms with Crippen molar-refractivity contribution in [3.8, 4) is 0 Å². The summed E-state index contributed by atoms with van der Waals surface area (Å²) in [7, 11) is -1.70. The van der Waals surface area contributed by atoms with Crippen molar-refractivity contribution in [1.82, 2.24) is 0 Å². The molecule has 0 amide bonds. The Morgan fingerprint density at radius 1 is 0.367 bits per heavy atom. The van der Waals surface area contributed by atoms with Crippen molar-refractivity contribution < 1.29 is 61.3 Å². The molecule has 0 aliphatic rings. The van der Waals surface area contributed by atoms with Gasteiger partial charge in [-0.15, -0.1) is 0 Å². The van der Waals surface area contributed by atoms with Gasteiger partial charge in [-0.2, -0.15) is 0 Å².